The molecule has 2 nitrogen and oxygen atoms in total. The summed E-state index contributed by atoms with van der Waals surface area (Å²) in [4.78, 5) is 0. The number of ether oxygens (including phenoxy) is 1. The zero-order chi connectivity index (χ0) is 14.5. The zero-order valence-electron chi connectivity index (χ0n) is 12.7. The Bertz CT molecular complexity index is 404. The van der Waals surface area contributed by atoms with E-state index in [-0.39, 0.29) is 0 Å². The third-order valence-corrected chi connectivity index (χ3v) is 4.29. The first-order chi connectivity index (χ1) is 9.54. The standard InChI is InChI=1S/C17H26ClNO/c1-12(2)17-11-16(8-9-20-17)19-13(3)10-14-4-6-15(18)7-5-14/h4-7,12-13,16-17,19H,8-11H2,1-3H3. The van der Waals surface area contributed by atoms with Gasteiger partial charge < -0.3 is 10.1 Å². The molecule has 2 rings (SSSR count). The van der Waals surface area contributed by atoms with Crippen molar-refractivity contribution in [2.75, 3.05) is 6.61 Å². The van der Waals surface area contributed by atoms with Gasteiger partial charge in [0.05, 0.1) is 6.10 Å². The zero-order valence-corrected chi connectivity index (χ0v) is 13.5. The first-order valence-corrected chi connectivity index (χ1v) is 8.04. The minimum atomic E-state index is 0.406. The van der Waals surface area contributed by atoms with Gasteiger partial charge in [-0.15, -0.1) is 0 Å². The Labute approximate surface area is 127 Å². The van der Waals surface area contributed by atoms with Gasteiger partial charge in [0.2, 0.25) is 0 Å². The first kappa shape index (κ1) is 15.8. The molecule has 1 aromatic rings. The van der Waals surface area contributed by atoms with Crippen LogP contribution in [-0.2, 0) is 11.2 Å². The van der Waals surface area contributed by atoms with Crippen molar-refractivity contribution in [1.29, 1.82) is 0 Å². The minimum absolute atomic E-state index is 0.406. The maximum absolute atomic E-state index is 5.92. The molecule has 0 amide bonds. The van der Waals surface area contributed by atoms with Crippen LogP contribution in [0.25, 0.3) is 0 Å². The van der Waals surface area contributed by atoms with E-state index in [2.05, 4.69) is 38.2 Å². The minimum Gasteiger partial charge on any atom is -0.378 e. The highest BCUT2D eigenvalue weighted by Crippen LogP contribution is 2.21. The van der Waals surface area contributed by atoms with Crippen LogP contribution < -0.4 is 5.32 Å². The Balaban J connectivity index is 1.81. The second-order valence-electron chi connectivity index (χ2n) is 6.27. The van der Waals surface area contributed by atoms with Crippen molar-refractivity contribution in [3.63, 3.8) is 0 Å². The molecule has 1 aromatic carbocycles. The molecule has 3 heteroatoms. The Morgan fingerprint density at radius 1 is 1.25 bits per heavy atom. The van der Waals surface area contributed by atoms with E-state index in [1.807, 2.05) is 12.1 Å². The molecule has 1 heterocycles. The van der Waals surface area contributed by atoms with Crippen molar-refractivity contribution in [2.45, 2.75) is 58.2 Å². The third kappa shape index (κ3) is 4.76. The van der Waals surface area contributed by atoms with Gasteiger partial charge >= 0.3 is 0 Å². The van der Waals surface area contributed by atoms with Crippen molar-refractivity contribution in [3.05, 3.63) is 34.9 Å². The van der Waals surface area contributed by atoms with Crippen LogP contribution in [0.4, 0.5) is 0 Å². The number of halogens is 1. The summed E-state index contributed by atoms with van der Waals surface area (Å²) >= 11 is 5.92. The van der Waals surface area contributed by atoms with Gasteiger partial charge in [0.1, 0.15) is 0 Å². The molecule has 0 spiro atoms. The van der Waals surface area contributed by atoms with Crippen molar-refractivity contribution in [1.82, 2.24) is 5.32 Å². The van der Waals surface area contributed by atoms with Crippen LogP contribution in [0.5, 0.6) is 0 Å². The molecule has 1 aliphatic heterocycles. The lowest BCUT2D eigenvalue weighted by Gasteiger charge is -2.34. The maximum atomic E-state index is 5.92. The summed E-state index contributed by atoms with van der Waals surface area (Å²) in [6.45, 7) is 7.62. The Hall–Kier alpha value is -0.570. The third-order valence-electron chi connectivity index (χ3n) is 4.03. The van der Waals surface area contributed by atoms with E-state index in [0.29, 0.717) is 24.1 Å². The lowest BCUT2D eigenvalue weighted by Crippen LogP contribution is -2.45. The molecular weight excluding hydrogens is 270 g/mol. The predicted octanol–water partition coefficient (Wildman–Crippen LogP) is 4.06. The molecule has 1 fully saturated rings. The SMILES string of the molecule is CC(Cc1ccc(Cl)cc1)NC1CCOC(C(C)C)C1. The maximum Gasteiger partial charge on any atom is 0.0612 e. The molecule has 0 aliphatic carbocycles. The van der Waals surface area contributed by atoms with E-state index in [0.717, 1.165) is 30.9 Å². The van der Waals surface area contributed by atoms with Gasteiger partial charge in [-0.3, -0.25) is 0 Å². The second kappa shape index (κ2) is 7.44. The lowest BCUT2D eigenvalue weighted by atomic mass is 9.94. The van der Waals surface area contributed by atoms with Crippen molar-refractivity contribution < 1.29 is 4.74 Å². The van der Waals surface area contributed by atoms with Crippen LogP contribution in [0.1, 0.15) is 39.2 Å². The quantitative estimate of drug-likeness (QED) is 0.884. The summed E-state index contributed by atoms with van der Waals surface area (Å²) in [6, 6.07) is 9.22. The highest BCUT2D eigenvalue weighted by molar-refractivity contribution is 6.30. The topological polar surface area (TPSA) is 21.3 Å². The van der Waals surface area contributed by atoms with Gasteiger partial charge in [0, 0.05) is 23.7 Å². The molecular formula is C17H26ClNO. The largest absolute Gasteiger partial charge is 0.378 e. The van der Waals surface area contributed by atoms with Crippen molar-refractivity contribution in [2.24, 2.45) is 5.92 Å². The van der Waals surface area contributed by atoms with E-state index in [4.69, 9.17) is 16.3 Å². The Kier molecular flexibility index (Phi) is 5.88. The monoisotopic (exact) mass is 295 g/mol. The second-order valence-corrected chi connectivity index (χ2v) is 6.71. The molecule has 1 N–H and O–H groups in total. The van der Waals surface area contributed by atoms with E-state index in [1.54, 1.807) is 0 Å². The summed E-state index contributed by atoms with van der Waals surface area (Å²) in [5.74, 6) is 0.603. The van der Waals surface area contributed by atoms with Gasteiger partial charge in [0.25, 0.3) is 0 Å². The smallest absolute Gasteiger partial charge is 0.0612 e. The lowest BCUT2D eigenvalue weighted by molar-refractivity contribution is -0.0256. The van der Waals surface area contributed by atoms with Crippen LogP contribution in [0.3, 0.4) is 0 Å². The number of rotatable bonds is 5. The normalized spacial score (nSPS) is 24.9. The molecule has 0 radical (unpaired) electrons. The summed E-state index contributed by atoms with van der Waals surface area (Å²) in [5.41, 5.74) is 1.34. The van der Waals surface area contributed by atoms with E-state index in [1.165, 1.54) is 5.56 Å². The summed E-state index contributed by atoms with van der Waals surface area (Å²) in [5, 5.41) is 4.56. The molecule has 0 saturated carbocycles. The fraction of sp³-hybridized carbons (Fsp3) is 0.647. The summed E-state index contributed by atoms with van der Waals surface area (Å²) in [6.07, 6.45) is 3.70. The molecule has 1 saturated heterocycles. The Morgan fingerprint density at radius 2 is 1.95 bits per heavy atom. The Morgan fingerprint density at radius 3 is 2.60 bits per heavy atom. The summed E-state index contributed by atoms with van der Waals surface area (Å²) in [7, 11) is 0. The molecule has 0 bridgehead atoms. The first-order valence-electron chi connectivity index (χ1n) is 7.66. The molecule has 1 aliphatic rings. The van der Waals surface area contributed by atoms with E-state index in [9.17, 15) is 0 Å². The molecule has 3 unspecified atom stereocenters. The summed E-state index contributed by atoms with van der Waals surface area (Å²) < 4.78 is 5.83. The molecule has 3 atom stereocenters. The molecule has 20 heavy (non-hydrogen) atoms. The van der Waals surface area contributed by atoms with Gasteiger partial charge in [-0.05, 0) is 49.8 Å². The van der Waals surface area contributed by atoms with Crippen LogP contribution in [0.15, 0.2) is 24.3 Å². The van der Waals surface area contributed by atoms with Crippen LogP contribution >= 0.6 is 11.6 Å². The van der Waals surface area contributed by atoms with E-state index < -0.39 is 0 Å². The fourth-order valence-electron chi connectivity index (χ4n) is 2.88. The fourth-order valence-corrected chi connectivity index (χ4v) is 3.01. The number of nitrogens with one attached hydrogen (secondary N) is 1. The van der Waals surface area contributed by atoms with Gasteiger partial charge in [-0.2, -0.15) is 0 Å². The van der Waals surface area contributed by atoms with Crippen molar-refractivity contribution in [3.8, 4) is 0 Å². The van der Waals surface area contributed by atoms with Gasteiger partial charge in [-0.25, -0.2) is 0 Å². The average Bonchev–Trinajstić information content (AvgIpc) is 2.41. The van der Waals surface area contributed by atoms with Crippen molar-refractivity contribution >= 4 is 11.6 Å². The van der Waals surface area contributed by atoms with Gasteiger partial charge in [-0.1, -0.05) is 37.6 Å². The number of benzene rings is 1. The number of hydrogen-bond acceptors (Lipinski definition) is 2. The molecule has 112 valence electrons. The van der Waals surface area contributed by atoms with Crippen LogP contribution in [-0.4, -0.2) is 24.8 Å². The highest BCUT2D eigenvalue weighted by atomic mass is 35.5. The molecule has 0 aromatic heterocycles. The van der Waals surface area contributed by atoms with Crippen LogP contribution in [0, 0.1) is 5.92 Å². The number of hydrogen-bond donors (Lipinski definition) is 1. The van der Waals surface area contributed by atoms with Crippen LogP contribution in [0.2, 0.25) is 5.02 Å². The highest BCUT2D eigenvalue weighted by Gasteiger charge is 2.25. The predicted molar refractivity (Wildman–Crippen MR) is 85.4 cm³/mol. The van der Waals surface area contributed by atoms with Gasteiger partial charge in [0.15, 0.2) is 0 Å². The van der Waals surface area contributed by atoms with E-state index >= 15 is 0 Å². The average molecular weight is 296 g/mol.